The van der Waals surface area contributed by atoms with E-state index >= 15 is 0 Å². The van der Waals surface area contributed by atoms with Gasteiger partial charge in [-0.3, -0.25) is 9.59 Å². The Labute approximate surface area is 514 Å². The molecule has 17 heteroatoms. The number of anilines is 4. The minimum atomic E-state index is -2.06. The summed E-state index contributed by atoms with van der Waals surface area (Å²) in [7, 11) is 3.59. The van der Waals surface area contributed by atoms with Crippen LogP contribution in [0, 0.1) is 0 Å². The van der Waals surface area contributed by atoms with Gasteiger partial charge in [-0.05, 0) is 160 Å². The number of carbonyl (C=O) groups excluding carboxylic acids is 2. The molecular weight excluding hydrogens is 1150 g/mol. The van der Waals surface area contributed by atoms with Crippen LogP contribution in [0.3, 0.4) is 0 Å². The van der Waals surface area contributed by atoms with E-state index in [0.29, 0.717) is 12.6 Å². The highest BCUT2D eigenvalue weighted by Crippen LogP contribution is 2.38. The Hall–Kier alpha value is -4.01. The minimum absolute atomic E-state index is 0.0812. The second-order valence-electron chi connectivity index (χ2n) is 16.6. The van der Waals surface area contributed by atoms with Crippen LogP contribution in [-0.2, 0) is 18.7 Å². The average molecular weight is 1240 g/mol. The molecule has 79 heavy (non-hydrogen) atoms. The second-order valence-corrected chi connectivity index (χ2v) is 28.5. The van der Waals surface area contributed by atoms with Gasteiger partial charge in [-0.15, -0.1) is 63.1 Å². The van der Waals surface area contributed by atoms with Gasteiger partial charge in [0.1, 0.15) is 14.3 Å². The fraction of sp³-hybridized carbons (Fsp3) is 0.290. The molecular formula is C62H90N4O4P2S7. The van der Waals surface area contributed by atoms with Crippen molar-refractivity contribution in [2.24, 2.45) is 0 Å². The molecule has 7 aromatic carbocycles. The number of hydrogen-bond donors (Lipinski definition) is 7. The summed E-state index contributed by atoms with van der Waals surface area (Å²) in [5.74, 6) is 0. The van der Waals surface area contributed by atoms with Crippen molar-refractivity contribution in [3.05, 3.63) is 188 Å². The van der Waals surface area contributed by atoms with Crippen molar-refractivity contribution in [1.29, 1.82) is 0 Å². The monoisotopic (exact) mass is 1240 g/mol. The zero-order valence-electron chi connectivity index (χ0n) is 49.3. The molecule has 7 aromatic rings. The van der Waals surface area contributed by atoms with Gasteiger partial charge in [0, 0.05) is 99.1 Å². The lowest BCUT2D eigenvalue weighted by molar-refractivity contribution is -0.109. The number of carbonyl (C=O) groups is 2. The van der Waals surface area contributed by atoms with E-state index in [1.165, 1.54) is 23.5 Å². The Morgan fingerprint density at radius 3 is 0.823 bits per heavy atom. The van der Waals surface area contributed by atoms with Crippen molar-refractivity contribution in [2.45, 2.75) is 89.7 Å². The maximum absolute atomic E-state index is 11.7. The van der Waals surface area contributed by atoms with Gasteiger partial charge in [0.25, 0.3) is 0 Å². The van der Waals surface area contributed by atoms with Crippen LogP contribution in [0.5, 0.6) is 0 Å². The fourth-order valence-electron chi connectivity index (χ4n) is 5.59. The molecule has 0 amide bonds. The average Bonchev–Trinajstić information content (AvgIpc) is 3.42. The number of benzene rings is 7. The van der Waals surface area contributed by atoms with Gasteiger partial charge in [-0.2, -0.15) is 0 Å². The molecule has 0 aliphatic carbocycles. The van der Waals surface area contributed by atoms with Crippen LogP contribution in [0.1, 0.15) is 55.4 Å². The predicted octanol–water partition coefficient (Wildman–Crippen LogP) is 19.7. The molecule has 0 unspecified atom stereocenters. The van der Waals surface area contributed by atoms with Crippen molar-refractivity contribution in [3.8, 4) is 0 Å². The number of nitrogens with zero attached hydrogens (tertiary/aromatic N) is 2. The molecule has 0 bridgehead atoms. The van der Waals surface area contributed by atoms with Gasteiger partial charge in [0.15, 0.2) is 10.2 Å². The number of hydrogen-bond acceptors (Lipinski definition) is 15. The van der Waals surface area contributed by atoms with Crippen LogP contribution in [0.25, 0.3) is 0 Å². The smallest absolute Gasteiger partial charge is 0.190 e. The highest BCUT2D eigenvalue weighted by atomic mass is 32.2. The number of thiol groups is 5. The Balaban J connectivity index is -0.000000857. The van der Waals surface area contributed by atoms with Crippen LogP contribution in [0.15, 0.2) is 222 Å². The van der Waals surface area contributed by atoms with Crippen molar-refractivity contribution in [3.63, 3.8) is 0 Å². The van der Waals surface area contributed by atoms with E-state index in [1.54, 1.807) is 40.5 Å². The molecule has 0 aliphatic heterocycles. The summed E-state index contributed by atoms with van der Waals surface area (Å²) < 4.78 is 23.3. The summed E-state index contributed by atoms with van der Waals surface area (Å²) in [4.78, 5) is 32.5. The molecule has 0 saturated carbocycles. The van der Waals surface area contributed by atoms with Gasteiger partial charge in [0.2, 0.25) is 0 Å². The van der Waals surface area contributed by atoms with E-state index in [2.05, 4.69) is 73.8 Å². The highest BCUT2D eigenvalue weighted by Gasteiger charge is 2.12. The van der Waals surface area contributed by atoms with Crippen LogP contribution in [0.4, 0.5) is 22.7 Å². The molecule has 0 radical (unpaired) electrons. The molecule has 0 atom stereocenters. The van der Waals surface area contributed by atoms with E-state index < -0.39 is 14.3 Å². The first-order valence-corrected chi connectivity index (χ1v) is 35.1. The minimum Gasteiger partial charge on any atom is -0.388 e. The van der Waals surface area contributed by atoms with E-state index in [-0.39, 0.29) is 10.2 Å². The third-order valence-electron chi connectivity index (χ3n) is 8.76. The predicted molar refractivity (Wildman–Crippen MR) is 373 cm³/mol. The van der Waals surface area contributed by atoms with Gasteiger partial charge < -0.3 is 29.6 Å². The molecule has 0 heterocycles. The molecule has 434 valence electrons. The molecule has 7 rings (SSSR count). The normalized spacial score (nSPS) is 9.48. The number of nitrogens with one attached hydrogen (secondary N) is 2. The van der Waals surface area contributed by atoms with Gasteiger partial charge in [-0.25, -0.2) is 0 Å². The second kappa shape index (κ2) is 48.7. The molecule has 8 nitrogen and oxygen atoms in total. The van der Waals surface area contributed by atoms with Crippen molar-refractivity contribution < 1.29 is 18.7 Å². The van der Waals surface area contributed by atoms with Crippen molar-refractivity contribution in [2.75, 3.05) is 87.9 Å². The van der Waals surface area contributed by atoms with E-state index in [0.717, 1.165) is 57.0 Å². The maximum Gasteiger partial charge on any atom is 0.190 e. The third kappa shape index (κ3) is 47.4. The fourth-order valence-corrected chi connectivity index (χ4v) is 9.99. The quantitative estimate of drug-likeness (QED) is 0.0408. The number of rotatable bonds is 10. The summed E-state index contributed by atoms with van der Waals surface area (Å²) in [6.07, 6.45) is 1.17. The van der Waals surface area contributed by atoms with Gasteiger partial charge in [0.05, 0.1) is 12.6 Å². The van der Waals surface area contributed by atoms with Gasteiger partial charge >= 0.3 is 0 Å². The van der Waals surface area contributed by atoms with Crippen LogP contribution < -0.4 is 20.4 Å². The zero-order valence-corrected chi connectivity index (χ0v) is 57.2. The summed E-state index contributed by atoms with van der Waals surface area (Å²) in [6, 6.07) is 60.6. The van der Waals surface area contributed by atoms with Crippen molar-refractivity contribution >= 4 is 134 Å². The Bertz CT molecular complexity index is 2580. The van der Waals surface area contributed by atoms with E-state index in [1.807, 2.05) is 268 Å². The first kappa shape index (κ1) is 79.2. The van der Waals surface area contributed by atoms with E-state index in [4.69, 9.17) is 0 Å². The lowest BCUT2D eigenvalue weighted by Gasteiger charge is -2.21. The van der Waals surface area contributed by atoms with Crippen LogP contribution in [0.2, 0.25) is 0 Å². The maximum atomic E-state index is 11.7. The van der Waals surface area contributed by atoms with Crippen molar-refractivity contribution in [1.82, 2.24) is 0 Å². The lowest BCUT2D eigenvalue weighted by Crippen LogP contribution is -2.17. The lowest BCUT2D eigenvalue weighted by atomic mass is 10.3. The number of thioether (sulfide) groups is 2. The van der Waals surface area contributed by atoms with E-state index in [9.17, 15) is 18.7 Å². The van der Waals surface area contributed by atoms with Crippen LogP contribution >= 0.6 is 101 Å². The molecule has 0 fully saturated rings. The molecule has 0 spiro atoms. The Morgan fingerprint density at radius 2 is 0.608 bits per heavy atom. The summed E-state index contributed by atoms with van der Waals surface area (Å²) in [5.41, 5.74) is 4.27. The third-order valence-corrected chi connectivity index (χ3v) is 14.1. The van der Waals surface area contributed by atoms with Crippen LogP contribution in [-0.4, -0.2) is 77.7 Å². The molecule has 0 aromatic heterocycles. The molecule has 0 aliphatic rings. The SMILES string of the molecule is CC.CC.CC.CC(=O)Sc1ccc(N(C)CP(C)(C)=O)cc1.CN(CP(C)(C)=O)c1ccc(S)cc1.CNc1ccc(S)cc1.CNc1ccc(SC(C)=O)cc1.Sc1ccccc1.Sc1ccccc1.Sc1ccccc1. The van der Waals surface area contributed by atoms with Gasteiger partial charge in [-0.1, -0.05) is 120 Å². The topological polar surface area (TPSA) is 98.8 Å². The Kier molecular flexibility index (Phi) is 48.8. The summed E-state index contributed by atoms with van der Waals surface area (Å²) >= 11 is 23.1. The first-order chi connectivity index (χ1) is 37.4. The molecule has 0 saturated heterocycles. The zero-order chi connectivity index (χ0) is 60.8. The highest BCUT2D eigenvalue weighted by molar-refractivity contribution is 8.13. The summed E-state index contributed by atoms with van der Waals surface area (Å²) in [6.45, 7) is 22.3. The largest absolute Gasteiger partial charge is 0.388 e. The Morgan fingerprint density at radius 1 is 0.392 bits per heavy atom. The standard InChI is InChI=1S/C12H18NO2PS.C10H16NOPS.C9H11NOS.C7H9NS.3C6H6S.3C2H6/c1-10(14)17-12-7-5-11(6-8-12)13(2)9-16(3,4)15;1-11(8-13(2,3)12)9-4-6-10(14)7-5-9;1-7(11)12-9-5-3-8(10-2)4-6-9;1-8-6-2-4-7(9)5-3-6;3*7-6-4-2-1-3-5-6;3*1-2/h5-8H,9H2,1-4H3;4-7,14H,8H2,1-3H3;3-6,10H,1-2H3;2-5,8-9H,1H3;3*1-5,7H;3*1-2H3. The summed E-state index contributed by atoms with van der Waals surface area (Å²) in [5, 5.41) is 6.23. The first-order valence-electron chi connectivity index (χ1n) is 25.6. The molecule has 2 N–H and O–H groups in total.